The number of carboxylic acid groups (broad SMARTS) is 1. The van der Waals surface area contributed by atoms with Crippen LogP contribution < -0.4 is 0 Å². The SMILES string of the molecule is [C-]#[N+]C(C(=O)O)(c1ccccc1)c1ccccc1. The van der Waals surface area contributed by atoms with Crippen molar-refractivity contribution in [1.82, 2.24) is 0 Å². The second kappa shape index (κ2) is 4.72. The van der Waals surface area contributed by atoms with Crippen LogP contribution in [0.2, 0.25) is 0 Å². The molecule has 3 heteroatoms. The molecule has 0 aliphatic heterocycles. The Morgan fingerprint density at radius 3 is 1.61 bits per heavy atom. The van der Waals surface area contributed by atoms with Crippen molar-refractivity contribution in [3.05, 3.63) is 83.2 Å². The van der Waals surface area contributed by atoms with Crippen LogP contribution in [-0.4, -0.2) is 11.1 Å². The Morgan fingerprint density at radius 2 is 1.33 bits per heavy atom. The number of hydrogen-bond acceptors (Lipinski definition) is 1. The van der Waals surface area contributed by atoms with E-state index in [1.165, 1.54) is 0 Å². The lowest BCUT2D eigenvalue weighted by molar-refractivity contribution is -0.140. The highest BCUT2D eigenvalue weighted by atomic mass is 16.4. The molecule has 2 aromatic carbocycles. The van der Waals surface area contributed by atoms with Gasteiger partial charge in [-0.3, -0.25) is 4.85 Å². The maximum Gasteiger partial charge on any atom is 0.401 e. The molecule has 0 saturated carbocycles. The second-order valence-corrected chi connectivity index (χ2v) is 3.86. The molecule has 0 unspecified atom stereocenters. The minimum absolute atomic E-state index is 0.471. The zero-order valence-corrected chi connectivity index (χ0v) is 9.58. The summed E-state index contributed by atoms with van der Waals surface area (Å²) in [5, 5.41) is 9.52. The van der Waals surface area contributed by atoms with Crippen molar-refractivity contribution < 1.29 is 9.90 Å². The predicted octanol–water partition coefficient (Wildman–Crippen LogP) is 2.93. The summed E-state index contributed by atoms with van der Waals surface area (Å²) in [6.45, 7) is 7.36. The van der Waals surface area contributed by atoms with Crippen LogP contribution in [0.4, 0.5) is 0 Å². The number of carbonyl (C=O) groups is 1. The highest BCUT2D eigenvalue weighted by molar-refractivity contribution is 5.87. The lowest BCUT2D eigenvalue weighted by atomic mass is 9.83. The van der Waals surface area contributed by atoms with E-state index in [9.17, 15) is 9.90 Å². The topological polar surface area (TPSA) is 41.7 Å². The van der Waals surface area contributed by atoms with Gasteiger partial charge < -0.3 is 5.11 Å². The lowest BCUT2D eigenvalue weighted by Gasteiger charge is -2.18. The quantitative estimate of drug-likeness (QED) is 0.834. The van der Waals surface area contributed by atoms with Crippen LogP contribution in [0.5, 0.6) is 0 Å². The van der Waals surface area contributed by atoms with Gasteiger partial charge in [-0.2, -0.15) is 0 Å². The van der Waals surface area contributed by atoms with E-state index in [1.54, 1.807) is 60.7 Å². The fourth-order valence-electron chi connectivity index (χ4n) is 1.95. The van der Waals surface area contributed by atoms with Crippen molar-refractivity contribution in [1.29, 1.82) is 0 Å². The van der Waals surface area contributed by atoms with Gasteiger partial charge in [0.1, 0.15) is 0 Å². The molecule has 88 valence electrons. The van der Waals surface area contributed by atoms with Gasteiger partial charge in [0.05, 0.1) is 11.1 Å². The smallest absolute Gasteiger partial charge is 0.401 e. The van der Waals surface area contributed by atoms with Crippen molar-refractivity contribution in [2.75, 3.05) is 0 Å². The third-order valence-electron chi connectivity index (χ3n) is 2.86. The molecule has 0 atom stereocenters. The van der Waals surface area contributed by atoms with Crippen LogP contribution in [-0.2, 0) is 10.3 Å². The van der Waals surface area contributed by atoms with E-state index in [-0.39, 0.29) is 0 Å². The van der Waals surface area contributed by atoms with Crippen LogP contribution in [0.25, 0.3) is 4.85 Å². The summed E-state index contributed by atoms with van der Waals surface area (Å²) >= 11 is 0. The van der Waals surface area contributed by atoms with Crippen molar-refractivity contribution >= 4 is 5.97 Å². The Balaban J connectivity index is 2.71. The molecule has 0 aromatic heterocycles. The van der Waals surface area contributed by atoms with E-state index in [0.29, 0.717) is 11.1 Å². The van der Waals surface area contributed by atoms with Crippen molar-refractivity contribution in [2.24, 2.45) is 0 Å². The van der Waals surface area contributed by atoms with Crippen LogP contribution in [0.1, 0.15) is 11.1 Å². The average Bonchev–Trinajstić information content (AvgIpc) is 2.42. The summed E-state index contributed by atoms with van der Waals surface area (Å²) in [6.07, 6.45) is 0. The second-order valence-electron chi connectivity index (χ2n) is 3.86. The van der Waals surface area contributed by atoms with Gasteiger partial charge in [0.15, 0.2) is 0 Å². The first kappa shape index (κ1) is 11.9. The Hall–Kier alpha value is -2.60. The third kappa shape index (κ3) is 1.74. The van der Waals surface area contributed by atoms with Gasteiger partial charge in [-0.05, 0) is 24.3 Å². The van der Waals surface area contributed by atoms with Gasteiger partial charge in [-0.25, -0.2) is 11.4 Å². The van der Waals surface area contributed by atoms with E-state index in [4.69, 9.17) is 6.57 Å². The number of hydrogen-bond donors (Lipinski definition) is 1. The molecule has 0 aliphatic carbocycles. The summed E-state index contributed by atoms with van der Waals surface area (Å²) in [4.78, 5) is 15.0. The van der Waals surface area contributed by atoms with E-state index < -0.39 is 11.5 Å². The molecule has 1 N–H and O–H groups in total. The summed E-state index contributed by atoms with van der Waals surface area (Å²) in [7, 11) is 0. The maximum atomic E-state index is 11.6. The third-order valence-corrected chi connectivity index (χ3v) is 2.86. The van der Waals surface area contributed by atoms with Gasteiger partial charge in [-0.1, -0.05) is 36.4 Å². The lowest BCUT2D eigenvalue weighted by Crippen LogP contribution is -2.33. The minimum Gasteiger partial charge on any atom is -0.475 e. The molecule has 2 rings (SSSR count). The summed E-state index contributed by atoms with van der Waals surface area (Å²) < 4.78 is 0. The van der Waals surface area contributed by atoms with E-state index in [2.05, 4.69) is 4.85 Å². The number of nitrogens with zero attached hydrogens (tertiary/aromatic N) is 1. The van der Waals surface area contributed by atoms with Gasteiger partial charge in [0, 0.05) is 0 Å². The zero-order valence-electron chi connectivity index (χ0n) is 9.58. The minimum atomic E-state index is -1.66. The maximum absolute atomic E-state index is 11.6. The Morgan fingerprint density at radius 1 is 0.944 bits per heavy atom. The Kier molecular flexibility index (Phi) is 3.11. The first-order valence-corrected chi connectivity index (χ1v) is 5.45. The van der Waals surface area contributed by atoms with E-state index >= 15 is 0 Å². The zero-order chi connectivity index (χ0) is 13.0. The fraction of sp³-hybridized carbons (Fsp3) is 0.0667. The fourth-order valence-corrected chi connectivity index (χ4v) is 1.95. The van der Waals surface area contributed by atoms with Gasteiger partial charge >= 0.3 is 11.5 Å². The van der Waals surface area contributed by atoms with E-state index in [0.717, 1.165) is 0 Å². The molecule has 0 aliphatic rings. The standard InChI is InChI=1S/C15H11NO2/c1-16-15(14(17)18,12-8-4-2-5-9-12)13-10-6-3-7-11-13/h2-11H,(H,17,18). The van der Waals surface area contributed by atoms with Crippen molar-refractivity contribution in [2.45, 2.75) is 5.54 Å². The van der Waals surface area contributed by atoms with Gasteiger partial charge in [0.2, 0.25) is 0 Å². The monoisotopic (exact) mass is 237 g/mol. The molecule has 0 amide bonds. The summed E-state index contributed by atoms with van der Waals surface area (Å²) in [5.41, 5.74) is -0.722. The molecule has 0 fully saturated rings. The first-order valence-electron chi connectivity index (χ1n) is 5.45. The number of benzene rings is 2. The molecule has 0 heterocycles. The molecule has 0 spiro atoms. The Labute approximate surface area is 105 Å². The van der Waals surface area contributed by atoms with E-state index in [1.807, 2.05) is 0 Å². The van der Waals surface area contributed by atoms with Crippen LogP contribution in [0.3, 0.4) is 0 Å². The Bertz CT molecular complexity index is 545. The first-order chi connectivity index (χ1) is 8.71. The molecule has 0 saturated heterocycles. The summed E-state index contributed by atoms with van der Waals surface area (Å²) in [5.74, 6) is -1.16. The molecule has 2 aromatic rings. The van der Waals surface area contributed by atoms with Crippen molar-refractivity contribution in [3.63, 3.8) is 0 Å². The highest BCUT2D eigenvalue weighted by Gasteiger charge is 2.49. The number of carboxylic acids is 1. The molecule has 18 heavy (non-hydrogen) atoms. The van der Waals surface area contributed by atoms with Crippen LogP contribution in [0.15, 0.2) is 60.7 Å². The van der Waals surface area contributed by atoms with Crippen LogP contribution >= 0.6 is 0 Å². The molecule has 0 bridgehead atoms. The molecule has 3 nitrogen and oxygen atoms in total. The largest absolute Gasteiger partial charge is 0.475 e. The molecular formula is C15H11NO2. The van der Waals surface area contributed by atoms with Crippen molar-refractivity contribution in [3.8, 4) is 0 Å². The molecule has 0 radical (unpaired) electrons. The van der Waals surface area contributed by atoms with Gasteiger partial charge in [-0.15, -0.1) is 0 Å². The molecular weight excluding hydrogens is 226 g/mol. The average molecular weight is 237 g/mol. The van der Waals surface area contributed by atoms with Gasteiger partial charge in [0.25, 0.3) is 0 Å². The number of rotatable bonds is 3. The highest BCUT2D eigenvalue weighted by Crippen LogP contribution is 2.34. The normalized spacial score (nSPS) is 10.6. The number of aliphatic carboxylic acids is 1. The predicted molar refractivity (Wildman–Crippen MR) is 67.9 cm³/mol. The summed E-state index contributed by atoms with van der Waals surface area (Å²) in [6, 6.07) is 17.2. The van der Waals surface area contributed by atoms with Crippen LogP contribution in [0, 0.1) is 6.57 Å².